The highest BCUT2D eigenvalue weighted by molar-refractivity contribution is 9.10. The number of halogens is 1. The van der Waals surface area contributed by atoms with Crippen LogP contribution in [0.4, 0.5) is 5.69 Å². The number of amides is 1. The molecule has 2 aromatic rings. The number of hydrogen-bond acceptors (Lipinski definition) is 3. The van der Waals surface area contributed by atoms with Gasteiger partial charge < -0.3 is 10.4 Å². The Bertz CT molecular complexity index is 710. The molecule has 0 aliphatic rings. The number of aromatic amines is 1. The summed E-state index contributed by atoms with van der Waals surface area (Å²) in [5.41, 5.74) is 1.24. The molecule has 0 bridgehead atoms. The summed E-state index contributed by atoms with van der Waals surface area (Å²) < 4.78 is 0.932. The van der Waals surface area contributed by atoms with Crippen molar-refractivity contribution >= 4 is 27.5 Å². The van der Waals surface area contributed by atoms with Gasteiger partial charge in [-0.2, -0.15) is 0 Å². The van der Waals surface area contributed by atoms with Gasteiger partial charge >= 0.3 is 0 Å². The molecule has 0 aliphatic carbocycles. The van der Waals surface area contributed by atoms with Gasteiger partial charge in [-0.25, -0.2) is 0 Å². The minimum absolute atomic E-state index is 0.108. The van der Waals surface area contributed by atoms with E-state index in [4.69, 9.17) is 0 Å². The summed E-state index contributed by atoms with van der Waals surface area (Å²) in [5, 5.41) is 12.0. The van der Waals surface area contributed by atoms with Gasteiger partial charge in [0, 0.05) is 22.3 Å². The van der Waals surface area contributed by atoms with Gasteiger partial charge in [-0.3, -0.25) is 14.6 Å². The molecule has 20 heavy (non-hydrogen) atoms. The Morgan fingerprint density at radius 1 is 1.35 bits per heavy atom. The van der Waals surface area contributed by atoms with Crippen molar-refractivity contribution in [1.82, 2.24) is 4.98 Å². The van der Waals surface area contributed by atoms with Gasteiger partial charge in [0.1, 0.15) is 0 Å². The fourth-order valence-corrected chi connectivity index (χ4v) is 2.24. The monoisotopic (exact) mass is 336 g/mol. The Labute approximate surface area is 123 Å². The number of anilines is 1. The van der Waals surface area contributed by atoms with E-state index in [0.29, 0.717) is 5.69 Å². The molecule has 1 heterocycles. The van der Waals surface area contributed by atoms with Crippen LogP contribution in [0.15, 0.2) is 39.6 Å². The summed E-state index contributed by atoms with van der Waals surface area (Å²) in [7, 11) is 0. The van der Waals surface area contributed by atoms with Gasteiger partial charge in [-0.15, -0.1) is 0 Å². The smallest absolute Gasteiger partial charge is 0.256 e. The predicted molar refractivity (Wildman–Crippen MR) is 80.2 cm³/mol. The van der Waals surface area contributed by atoms with E-state index in [0.717, 1.165) is 22.5 Å². The SMILES string of the molecule is CCc1cc(Br)ccc1NC(=O)c1cc(O)[nH]c(=O)c1. The largest absolute Gasteiger partial charge is 0.494 e. The van der Waals surface area contributed by atoms with Crippen molar-refractivity contribution < 1.29 is 9.90 Å². The summed E-state index contributed by atoms with van der Waals surface area (Å²) in [6.07, 6.45) is 0.760. The fraction of sp³-hybridized carbons (Fsp3) is 0.143. The number of rotatable bonds is 3. The molecule has 0 saturated heterocycles. The maximum atomic E-state index is 12.1. The highest BCUT2D eigenvalue weighted by Crippen LogP contribution is 2.22. The van der Waals surface area contributed by atoms with Crippen LogP contribution in [-0.2, 0) is 6.42 Å². The summed E-state index contributed by atoms with van der Waals surface area (Å²) in [6.45, 7) is 1.98. The number of aromatic hydroxyl groups is 1. The second-order valence-electron chi connectivity index (χ2n) is 4.23. The molecule has 5 nitrogen and oxygen atoms in total. The number of carbonyl (C=O) groups is 1. The molecule has 0 radical (unpaired) electrons. The van der Waals surface area contributed by atoms with E-state index in [1.165, 1.54) is 6.07 Å². The lowest BCUT2D eigenvalue weighted by Crippen LogP contribution is -2.16. The van der Waals surface area contributed by atoms with Crippen LogP contribution in [0.2, 0.25) is 0 Å². The Morgan fingerprint density at radius 3 is 2.75 bits per heavy atom. The second kappa shape index (κ2) is 5.92. The predicted octanol–water partition coefficient (Wildman–Crippen LogP) is 2.66. The quantitative estimate of drug-likeness (QED) is 0.805. The molecule has 1 aromatic heterocycles. The minimum atomic E-state index is -0.526. The maximum Gasteiger partial charge on any atom is 0.256 e. The first-order valence-corrected chi connectivity index (χ1v) is 6.82. The molecule has 2 rings (SSSR count). The lowest BCUT2D eigenvalue weighted by Gasteiger charge is -2.10. The molecule has 3 N–H and O–H groups in total. The van der Waals surface area contributed by atoms with Crippen molar-refractivity contribution in [2.24, 2.45) is 0 Å². The highest BCUT2D eigenvalue weighted by atomic mass is 79.9. The van der Waals surface area contributed by atoms with Gasteiger partial charge in [-0.05, 0) is 30.2 Å². The van der Waals surface area contributed by atoms with Crippen LogP contribution in [0.5, 0.6) is 5.88 Å². The second-order valence-corrected chi connectivity index (χ2v) is 5.14. The molecule has 0 unspecified atom stereocenters. The van der Waals surface area contributed by atoms with Crippen molar-refractivity contribution in [1.29, 1.82) is 0 Å². The van der Waals surface area contributed by atoms with Crippen LogP contribution >= 0.6 is 15.9 Å². The van der Waals surface area contributed by atoms with Crippen molar-refractivity contribution in [3.05, 3.63) is 56.3 Å². The minimum Gasteiger partial charge on any atom is -0.494 e. The Morgan fingerprint density at radius 2 is 2.10 bits per heavy atom. The summed E-state index contributed by atoms with van der Waals surface area (Å²) >= 11 is 3.38. The molecule has 0 saturated carbocycles. The molecular formula is C14H13BrN2O3. The van der Waals surface area contributed by atoms with Gasteiger partial charge in [0.05, 0.1) is 5.56 Å². The Kier molecular flexibility index (Phi) is 4.24. The molecule has 0 spiro atoms. The Hall–Kier alpha value is -2.08. The molecule has 0 fully saturated rings. The zero-order valence-corrected chi connectivity index (χ0v) is 12.3. The summed E-state index contributed by atoms with van der Waals surface area (Å²) in [5.74, 6) is -0.780. The van der Waals surface area contributed by atoms with Gasteiger partial charge in [0.25, 0.3) is 11.5 Å². The lowest BCUT2D eigenvalue weighted by atomic mass is 10.1. The number of H-pyrrole nitrogens is 1. The molecule has 6 heteroatoms. The van der Waals surface area contributed by atoms with Crippen molar-refractivity contribution in [2.45, 2.75) is 13.3 Å². The zero-order chi connectivity index (χ0) is 14.7. The third-order valence-corrected chi connectivity index (χ3v) is 3.28. The number of nitrogens with one attached hydrogen (secondary N) is 2. The van der Waals surface area contributed by atoms with Crippen LogP contribution in [0, 0.1) is 0 Å². The van der Waals surface area contributed by atoms with Gasteiger partial charge in [0.15, 0.2) is 5.88 Å². The highest BCUT2D eigenvalue weighted by Gasteiger charge is 2.10. The van der Waals surface area contributed by atoms with Gasteiger partial charge in [0.2, 0.25) is 0 Å². The molecule has 1 amide bonds. The molecule has 0 aliphatic heterocycles. The topological polar surface area (TPSA) is 82.2 Å². The van der Waals surface area contributed by atoms with Crippen molar-refractivity contribution in [2.75, 3.05) is 5.32 Å². The maximum absolute atomic E-state index is 12.1. The van der Waals surface area contributed by atoms with E-state index < -0.39 is 11.5 Å². The zero-order valence-electron chi connectivity index (χ0n) is 10.7. The first-order valence-electron chi connectivity index (χ1n) is 6.02. The van der Waals surface area contributed by atoms with E-state index in [-0.39, 0.29) is 11.4 Å². The molecule has 104 valence electrons. The average Bonchev–Trinajstić information content (AvgIpc) is 2.39. The number of hydrogen-bond donors (Lipinski definition) is 3. The number of aryl methyl sites for hydroxylation is 1. The van der Waals surface area contributed by atoms with E-state index in [1.807, 2.05) is 19.1 Å². The van der Waals surface area contributed by atoms with Crippen molar-refractivity contribution in [3.63, 3.8) is 0 Å². The van der Waals surface area contributed by atoms with Crippen molar-refractivity contribution in [3.8, 4) is 5.88 Å². The normalized spacial score (nSPS) is 10.3. The standard InChI is InChI=1S/C14H13BrN2O3/c1-2-8-5-10(15)3-4-11(8)16-14(20)9-6-12(18)17-13(19)7-9/h3-7H,2H2,1H3,(H,16,20)(H2,17,18,19). The number of aromatic nitrogens is 1. The molecule has 1 aromatic carbocycles. The lowest BCUT2D eigenvalue weighted by molar-refractivity contribution is 0.102. The van der Waals surface area contributed by atoms with E-state index in [9.17, 15) is 14.7 Å². The number of benzene rings is 1. The summed E-state index contributed by atoms with van der Waals surface area (Å²) in [6, 6.07) is 7.88. The average molecular weight is 337 g/mol. The van der Waals surface area contributed by atoms with Crippen LogP contribution in [0.1, 0.15) is 22.8 Å². The van der Waals surface area contributed by atoms with E-state index in [2.05, 4.69) is 26.2 Å². The van der Waals surface area contributed by atoms with Crippen LogP contribution in [-0.4, -0.2) is 16.0 Å². The third-order valence-electron chi connectivity index (χ3n) is 2.79. The number of carbonyl (C=O) groups excluding carboxylic acids is 1. The fourth-order valence-electron chi connectivity index (χ4n) is 1.83. The van der Waals surface area contributed by atoms with E-state index >= 15 is 0 Å². The van der Waals surface area contributed by atoms with Gasteiger partial charge in [-0.1, -0.05) is 22.9 Å². The Balaban J connectivity index is 2.30. The van der Waals surface area contributed by atoms with E-state index in [1.54, 1.807) is 6.07 Å². The van der Waals surface area contributed by atoms with Crippen LogP contribution in [0.25, 0.3) is 0 Å². The molecular weight excluding hydrogens is 324 g/mol. The molecule has 0 atom stereocenters. The number of pyridine rings is 1. The summed E-state index contributed by atoms with van der Waals surface area (Å²) in [4.78, 5) is 25.5. The van der Waals surface area contributed by atoms with Crippen LogP contribution < -0.4 is 10.9 Å². The first kappa shape index (κ1) is 14.3. The third kappa shape index (κ3) is 3.27. The first-order chi connectivity index (χ1) is 9.49. The van der Waals surface area contributed by atoms with Crippen LogP contribution in [0.3, 0.4) is 0 Å².